The summed E-state index contributed by atoms with van der Waals surface area (Å²) in [6.07, 6.45) is 1.33. The standard InChI is InChI=1S/C21H35N3O2/c1-9-15(3)24(20(26)21(4,5)6)14-16-13-17(22-19(25)10-2)11-12-18(16)23(7)8/h11-13,15H,9-10,14H2,1-8H3,(H,22,25)/t15-/m1/s1. The zero-order valence-corrected chi connectivity index (χ0v) is 17.6. The van der Waals surface area contributed by atoms with E-state index in [4.69, 9.17) is 0 Å². The van der Waals surface area contributed by atoms with Gasteiger partial charge in [-0.3, -0.25) is 9.59 Å². The van der Waals surface area contributed by atoms with Crippen LogP contribution < -0.4 is 10.2 Å². The van der Waals surface area contributed by atoms with Crippen LogP contribution in [0.2, 0.25) is 0 Å². The van der Waals surface area contributed by atoms with Gasteiger partial charge in [-0.25, -0.2) is 0 Å². The first kappa shape index (κ1) is 22.0. The van der Waals surface area contributed by atoms with Gasteiger partial charge in [0, 0.05) is 49.9 Å². The molecule has 1 aromatic rings. The lowest BCUT2D eigenvalue weighted by Gasteiger charge is -2.35. The molecule has 0 unspecified atom stereocenters. The molecule has 0 saturated heterocycles. The van der Waals surface area contributed by atoms with E-state index in [2.05, 4.69) is 19.2 Å². The first-order chi connectivity index (χ1) is 12.0. The van der Waals surface area contributed by atoms with E-state index in [1.54, 1.807) is 0 Å². The molecule has 0 aromatic heterocycles. The lowest BCUT2D eigenvalue weighted by atomic mass is 9.93. The van der Waals surface area contributed by atoms with Gasteiger partial charge < -0.3 is 15.1 Å². The number of nitrogens with zero attached hydrogens (tertiary/aromatic N) is 2. The average molecular weight is 362 g/mol. The topological polar surface area (TPSA) is 52.7 Å². The predicted octanol–water partition coefficient (Wildman–Crippen LogP) is 4.27. The second-order valence-electron chi connectivity index (χ2n) is 8.08. The number of benzene rings is 1. The van der Waals surface area contributed by atoms with E-state index in [1.807, 2.05) is 69.8 Å². The lowest BCUT2D eigenvalue weighted by molar-refractivity contribution is -0.142. The Labute approximate surface area is 158 Å². The fraction of sp³-hybridized carbons (Fsp3) is 0.619. The molecule has 146 valence electrons. The summed E-state index contributed by atoms with van der Waals surface area (Å²) in [6.45, 7) is 12.4. The van der Waals surface area contributed by atoms with Crippen molar-refractivity contribution in [1.29, 1.82) is 0 Å². The number of rotatable bonds is 7. The Kier molecular flexibility index (Phi) is 7.67. The van der Waals surface area contributed by atoms with Crippen LogP contribution >= 0.6 is 0 Å². The lowest BCUT2D eigenvalue weighted by Crippen LogP contribution is -2.44. The summed E-state index contributed by atoms with van der Waals surface area (Å²) in [6, 6.07) is 6.03. The van der Waals surface area contributed by atoms with Crippen molar-refractivity contribution in [2.24, 2.45) is 5.41 Å². The second kappa shape index (κ2) is 9.06. The maximum Gasteiger partial charge on any atom is 0.228 e. The molecule has 0 spiro atoms. The van der Waals surface area contributed by atoms with E-state index >= 15 is 0 Å². The molecular formula is C21H35N3O2. The molecule has 0 fully saturated rings. The molecule has 5 nitrogen and oxygen atoms in total. The maximum absolute atomic E-state index is 13.0. The zero-order valence-electron chi connectivity index (χ0n) is 17.6. The first-order valence-electron chi connectivity index (χ1n) is 9.42. The van der Waals surface area contributed by atoms with Crippen molar-refractivity contribution in [3.05, 3.63) is 23.8 Å². The molecule has 0 heterocycles. The van der Waals surface area contributed by atoms with Gasteiger partial charge in [-0.15, -0.1) is 0 Å². The number of anilines is 2. The van der Waals surface area contributed by atoms with Gasteiger partial charge in [0.2, 0.25) is 11.8 Å². The molecule has 0 radical (unpaired) electrons. The molecule has 0 aliphatic carbocycles. The summed E-state index contributed by atoms with van der Waals surface area (Å²) in [7, 11) is 3.98. The fourth-order valence-electron chi connectivity index (χ4n) is 2.74. The zero-order chi connectivity index (χ0) is 20.1. The summed E-state index contributed by atoms with van der Waals surface area (Å²) >= 11 is 0. The SMILES string of the molecule is CCC(=O)Nc1ccc(N(C)C)c(CN(C(=O)C(C)(C)C)[C@H](C)CC)c1. The van der Waals surface area contributed by atoms with Crippen LogP contribution in [0.5, 0.6) is 0 Å². The van der Waals surface area contributed by atoms with Crippen molar-refractivity contribution in [2.75, 3.05) is 24.3 Å². The van der Waals surface area contributed by atoms with Gasteiger partial charge in [0.1, 0.15) is 0 Å². The molecule has 0 saturated carbocycles. The van der Waals surface area contributed by atoms with Crippen LogP contribution in [-0.2, 0) is 16.1 Å². The van der Waals surface area contributed by atoms with Crippen LogP contribution in [0.15, 0.2) is 18.2 Å². The summed E-state index contributed by atoms with van der Waals surface area (Å²) in [5, 5.41) is 2.91. The van der Waals surface area contributed by atoms with Gasteiger partial charge in [0.25, 0.3) is 0 Å². The number of carbonyl (C=O) groups excluding carboxylic acids is 2. The van der Waals surface area contributed by atoms with Crippen LogP contribution in [0.1, 0.15) is 59.9 Å². The first-order valence-corrected chi connectivity index (χ1v) is 9.42. The minimum Gasteiger partial charge on any atom is -0.377 e. The monoisotopic (exact) mass is 361 g/mol. The Morgan fingerprint density at radius 3 is 2.23 bits per heavy atom. The smallest absolute Gasteiger partial charge is 0.228 e. The van der Waals surface area contributed by atoms with Gasteiger partial charge >= 0.3 is 0 Å². The largest absolute Gasteiger partial charge is 0.377 e. The molecule has 26 heavy (non-hydrogen) atoms. The van der Waals surface area contributed by atoms with Crippen LogP contribution in [0.25, 0.3) is 0 Å². The average Bonchev–Trinajstić information content (AvgIpc) is 2.57. The van der Waals surface area contributed by atoms with E-state index in [9.17, 15) is 9.59 Å². The minimum atomic E-state index is -0.435. The summed E-state index contributed by atoms with van der Waals surface area (Å²) in [5.41, 5.74) is 2.41. The van der Waals surface area contributed by atoms with Gasteiger partial charge in [-0.1, -0.05) is 34.6 Å². The molecular weight excluding hydrogens is 326 g/mol. The molecule has 0 aliphatic rings. The van der Waals surface area contributed by atoms with E-state index in [1.165, 1.54) is 0 Å². The van der Waals surface area contributed by atoms with Crippen molar-refractivity contribution in [2.45, 2.75) is 67.0 Å². The van der Waals surface area contributed by atoms with Crippen molar-refractivity contribution in [1.82, 2.24) is 4.90 Å². The molecule has 1 rings (SSSR count). The molecule has 1 aromatic carbocycles. The third kappa shape index (κ3) is 5.75. The van der Waals surface area contributed by atoms with Crippen LogP contribution in [0.3, 0.4) is 0 Å². The number of amides is 2. The van der Waals surface area contributed by atoms with Gasteiger partial charge in [-0.05, 0) is 37.1 Å². The normalized spacial score (nSPS) is 12.5. The highest BCUT2D eigenvalue weighted by molar-refractivity contribution is 5.91. The molecule has 1 atom stereocenters. The Bertz CT molecular complexity index is 633. The highest BCUT2D eigenvalue weighted by Crippen LogP contribution is 2.28. The Morgan fingerprint density at radius 2 is 1.77 bits per heavy atom. The van der Waals surface area contributed by atoms with Crippen LogP contribution in [0.4, 0.5) is 11.4 Å². The number of carbonyl (C=O) groups is 2. The minimum absolute atomic E-state index is 0.0156. The van der Waals surface area contributed by atoms with Crippen molar-refractivity contribution in [3.63, 3.8) is 0 Å². The second-order valence-corrected chi connectivity index (χ2v) is 8.08. The molecule has 5 heteroatoms. The van der Waals surface area contributed by atoms with Crippen molar-refractivity contribution in [3.8, 4) is 0 Å². The van der Waals surface area contributed by atoms with Gasteiger partial charge in [0.15, 0.2) is 0 Å². The number of nitrogens with one attached hydrogen (secondary N) is 1. The molecule has 0 bridgehead atoms. The predicted molar refractivity (Wildman–Crippen MR) is 109 cm³/mol. The van der Waals surface area contributed by atoms with Gasteiger partial charge in [0.05, 0.1) is 0 Å². The van der Waals surface area contributed by atoms with Crippen molar-refractivity contribution < 1.29 is 9.59 Å². The van der Waals surface area contributed by atoms with E-state index in [0.29, 0.717) is 13.0 Å². The maximum atomic E-state index is 13.0. The van der Waals surface area contributed by atoms with Crippen molar-refractivity contribution >= 4 is 23.2 Å². The quantitative estimate of drug-likeness (QED) is 0.789. The van der Waals surface area contributed by atoms with E-state index in [0.717, 1.165) is 23.4 Å². The Hall–Kier alpha value is -2.04. The highest BCUT2D eigenvalue weighted by Gasteiger charge is 2.30. The summed E-state index contributed by atoms with van der Waals surface area (Å²) in [4.78, 5) is 28.7. The van der Waals surface area contributed by atoms with E-state index < -0.39 is 5.41 Å². The Morgan fingerprint density at radius 1 is 1.15 bits per heavy atom. The van der Waals surface area contributed by atoms with Crippen LogP contribution in [0, 0.1) is 5.41 Å². The summed E-state index contributed by atoms with van der Waals surface area (Å²) in [5.74, 6) is 0.123. The van der Waals surface area contributed by atoms with Crippen LogP contribution in [-0.4, -0.2) is 36.9 Å². The molecule has 2 amide bonds. The molecule has 1 N–H and O–H groups in total. The Balaban J connectivity index is 3.28. The highest BCUT2D eigenvalue weighted by atomic mass is 16.2. The fourth-order valence-corrected chi connectivity index (χ4v) is 2.74. The van der Waals surface area contributed by atoms with E-state index in [-0.39, 0.29) is 17.9 Å². The number of hydrogen-bond acceptors (Lipinski definition) is 3. The van der Waals surface area contributed by atoms with Gasteiger partial charge in [-0.2, -0.15) is 0 Å². The molecule has 0 aliphatic heterocycles. The number of hydrogen-bond donors (Lipinski definition) is 1. The third-order valence-electron chi connectivity index (χ3n) is 4.53. The summed E-state index contributed by atoms with van der Waals surface area (Å²) < 4.78 is 0. The third-order valence-corrected chi connectivity index (χ3v) is 4.53.